The van der Waals surface area contributed by atoms with Gasteiger partial charge in [-0.15, -0.1) is 0 Å². The predicted octanol–water partition coefficient (Wildman–Crippen LogP) is 3.81. The fourth-order valence-electron chi connectivity index (χ4n) is 1.67. The zero-order chi connectivity index (χ0) is 14.7. The van der Waals surface area contributed by atoms with Crippen molar-refractivity contribution < 1.29 is 14.4 Å². The van der Waals surface area contributed by atoms with Crippen molar-refractivity contribution in [3.05, 3.63) is 62.4 Å². The minimum atomic E-state index is -0.581. The lowest BCUT2D eigenvalue weighted by Gasteiger charge is -2.08. The van der Waals surface area contributed by atoms with Crippen molar-refractivity contribution in [1.82, 2.24) is 0 Å². The molecule has 0 bridgehead atoms. The first kappa shape index (κ1) is 14.3. The van der Waals surface area contributed by atoms with Crippen LogP contribution in [0.25, 0.3) is 0 Å². The number of halogens is 2. The van der Waals surface area contributed by atoms with E-state index in [1.807, 2.05) is 0 Å². The van der Waals surface area contributed by atoms with Gasteiger partial charge in [0.1, 0.15) is 17.3 Å². The van der Waals surface area contributed by atoms with Crippen molar-refractivity contribution in [1.29, 1.82) is 0 Å². The number of aromatic hydroxyl groups is 1. The van der Waals surface area contributed by atoms with Gasteiger partial charge in [0, 0.05) is 6.54 Å². The van der Waals surface area contributed by atoms with E-state index in [0.29, 0.717) is 11.0 Å². The summed E-state index contributed by atoms with van der Waals surface area (Å²) in [5.41, 5.74) is 0.833. The summed E-state index contributed by atoms with van der Waals surface area (Å²) in [7, 11) is 0. The lowest BCUT2D eigenvalue weighted by Crippen LogP contribution is -2.02. The molecule has 0 saturated carbocycles. The molecule has 104 valence electrons. The fourth-order valence-corrected chi connectivity index (χ4v) is 2.09. The van der Waals surface area contributed by atoms with Crippen molar-refractivity contribution in [2.24, 2.45) is 0 Å². The van der Waals surface area contributed by atoms with Crippen LogP contribution in [0.5, 0.6) is 5.75 Å². The van der Waals surface area contributed by atoms with E-state index >= 15 is 0 Å². The number of nitrogens with one attached hydrogen (secondary N) is 1. The standard InChI is InChI=1S/C13H10BrFN2O3/c14-10-5-8(1-3-11(10)15)7-16-12-4-2-9(18)6-13(12)17(19)20/h1-6,16,18H,7H2. The number of hydrogen-bond acceptors (Lipinski definition) is 4. The van der Waals surface area contributed by atoms with Gasteiger partial charge in [-0.2, -0.15) is 0 Å². The van der Waals surface area contributed by atoms with Crippen LogP contribution in [0.15, 0.2) is 40.9 Å². The molecule has 0 spiro atoms. The van der Waals surface area contributed by atoms with Crippen LogP contribution in [0.1, 0.15) is 5.56 Å². The molecule has 0 unspecified atom stereocenters. The third kappa shape index (κ3) is 3.24. The number of nitro benzene ring substituents is 1. The zero-order valence-corrected chi connectivity index (χ0v) is 11.7. The van der Waals surface area contributed by atoms with Crippen LogP contribution in [0.2, 0.25) is 0 Å². The molecule has 0 aromatic heterocycles. The molecule has 20 heavy (non-hydrogen) atoms. The quantitative estimate of drug-likeness (QED) is 0.504. The molecule has 0 heterocycles. The zero-order valence-electron chi connectivity index (χ0n) is 10.1. The smallest absolute Gasteiger partial charge is 0.296 e. The molecule has 0 radical (unpaired) electrons. The van der Waals surface area contributed by atoms with E-state index in [4.69, 9.17) is 0 Å². The van der Waals surface area contributed by atoms with Gasteiger partial charge >= 0.3 is 0 Å². The molecule has 0 aliphatic rings. The molecule has 2 N–H and O–H groups in total. The molecule has 0 aliphatic carbocycles. The minimum absolute atomic E-state index is 0.174. The summed E-state index contributed by atoms with van der Waals surface area (Å²) >= 11 is 3.08. The van der Waals surface area contributed by atoms with Gasteiger partial charge in [0.05, 0.1) is 15.5 Å². The average Bonchev–Trinajstić information content (AvgIpc) is 2.41. The van der Waals surface area contributed by atoms with E-state index in [1.165, 1.54) is 18.2 Å². The molecule has 7 heteroatoms. The van der Waals surface area contributed by atoms with Crippen molar-refractivity contribution in [2.45, 2.75) is 6.54 Å². The number of nitrogens with zero attached hydrogens (tertiary/aromatic N) is 1. The van der Waals surface area contributed by atoms with E-state index in [9.17, 15) is 19.6 Å². The summed E-state index contributed by atoms with van der Waals surface area (Å²) in [5.74, 6) is -0.545. The number of anilines is 1. The summed E-state index contributed by atoms with van der Waals surface area (Å²) in [6.45, 7) is 0.296. The third-order valence-electron chi connectivity index (χ3n) is 2.64. The Morgan fingerprint density at radius 3 is 2.70 bits per heavy atom. The van der Waals surface area contributed by atoms with Gasteiger partial charge in [0.15, 0.2) is 0 Å². The Kier molecular flexibility index (Phi) is 4.19. The molecule has 2 rings (SSSR count). The molecule has 2 aromatic carbocycles. The van der Waals surface area contributed by atoms with E-state index in [2.05, 4.69) is 21.2 Å². The molecular formula is C13H10BrFN2O3. The van der Waals surface area contributed by atoms with Crippen LogP contribution in [0, 0.1) is 15.9 Å². The highest BCUT2D eigenvalue weighted by atomic mass is 79.9. The third-order valence-corrected chi connectivity index (χ3v) is 3.25. The number of rotatable bonds is 4. The number of hydrogen-bond donors (Lipinski definition) is 2. The van der Waals surface area contributed by atoms with Gasteiger partial charge in [-0.3, -0.25) is 10.1 Å². The number of nitro groups is 1. The van der Waals surface area contributed by atoms with Gasteiger partial charge < -0.3 is 10.4 Å². The second kappa shape index (κ2) is 5.87. The minimum Gasteiger partial charge on any atom is -0.508 e. The second-order valence-electron chi connectivity index (χ2n) is 4.06. The van der Waals surface area contributed by atoms with Gasteiger partial charge in [0.2, 0.25) is 0 Å². The average molecular weight is 341 g/mol. The highest BCUT2D eigenvalue weighted by molar-refractivity contribution is 9.10. The van der Waals surface area contributed by atoms with Gasteiger partial charge in [-0.05, 0) is 45.8 Å². The van der Waals surface area contributed by atoms with Gasteiger partial charge in [-0.25, -0.2) is 4.39 Å². The molecule has 2 aromatic rings. The Bertz CT molecular complexity index is 664. The molecule has 0 amide bonds. The highest BCUT2D eigenvalue weighted by Crippen LogP contribution is 2.29. The molecular weight excluding hydrogens is 331 g/mol. The Hall–Kier alpha value is -2.15. The van der Waals surface area contributed by atoms with Crippen molar-refractivity contribution in [2.75, 3.05) is 5.32 Å². The van der Waals surface area contributed by atoms with Gasteiger partial charge in [-0.1, -0.05) is 6.07 Å². The monoisotopic (exact) mass is 340 g/mol. The van der Waals surface area contributed by atoms with Crippen LogP contribution in [0.3, 0.4) is 0 Å². The fraction of sp³-hybridized carbons (Fsp3) is 0.0769. The summed E-state index contributed by atoms with van der Waals surface area (Å²) in [6, 6.07) is 8.34. The van der Waals surface area contributed by atoms with Crippen LogP contribution in [0.4, 0.5) is 15.8 Å². The topological polar surface area (TPSA) is 75.4 Å². The normalized spacial score (nSPS) is 10.3. The molecule has 0 saturated heterocycles. The lowest BCUT2D eigenvalue weighted by molar-refractivity contribution is -0.384. The number of phenolic OH excluding ortho intramolecular Hbond substituents is 1. The van der Waals surface area contributed by atoms with E-state index in [1.54, 1.807) is 12.1 Å². The number of phenols is 1. The Labute approximate surface area is 122 Å². The van der Waals surface area contributed by atoms with Crippen LogP contribution < -0.4 is 5.32 Å². The lowest BCUT2D eigenvalue weighted by atomic mass is 10.2. The Morgan fingerprint density at radius 2 is 2.05 bits per heavy atom. The second-order valence-corrected chi connectivity index (χ2v) is 4.91. The summed E-state index contributed by atoms with van der Waals surface area (Å²) in [4.78, 5) is 10.3. The van der Waals surface area contributed by atoms with Crippen molar-refractivity contribution in [3.63, 3.8) is 0 Å². The first-order valence-electron chi connectivity index (χ1n) is 5.62. The molecule has 0 aliphatic heterocycles. The van der Waals surface area contributed by atoms with Crippen LogP contribution in [-0.2, 0) is 6.54 Å². The highest BCUT2D eigenvalue weighted by Gasteiger charge is 2.14. The predicted molar refractivity (Wildman–Crippen MR) is 76.2 cm³/mol. The summed E-state index contributed by atoms with van der Waals surface area (Å²) < 4.78 is 13.4. The Morgan fingerprint density at radius 1 is 1.30 bits per heavy atom. The summed E-state index contributed by atoms with van der Waals surface area (Å²) in [5, 5.41) is 23.0. The molecule has 0 atom stereocenters. The van der Waals surface area contributed by atoms with E-state index in [-0.39, 0.29) is 22.9 Å². The maximum Gasteiger partial charge on any atom is 0.296 e. The first-order valence-corrected chi connectivity index (χ1v) is 6.42. The van der Waals surface area contributed by atoms with Crippen molar-refractivity contribution in [3.8, 4) is 5.75 Å². The molecule has 5 nitrogen and oxygen atoms in total. The van der Waals surface area contributed by atoms with Crippen LogP contribution >= 0.6 is 15.9 Å². The largest absolute Gasteiger partial charge is 0.508 e. The maximum atomic E-state index is 13.1. The number of benzene rings is 2. The van der Waals surface area contributed by atoms with E-state index in [0.717, 1.165) is 11.6 Å². The Balaban J connectivity index is 2.18. The SMILES string of the molecule is O=[N+]([O-])c1cc(O)ccc1NCc1ccc(F)c(Br)c1. The van der Waals surface area contributed by atoms with E-state index < -0.39 is 4.92 Å². The molecule has 0 fully saturated rings. The van der Waals surface area contributed by atoms with Crippen molar-refractivity contribution >= 4 is 27.3 Å². The maximum absolute atomic E-state index is 13.1. The van der Waals surface area contributed by atoms with Crippen LogP contribution in [-0.4, -0.2) is 10.0 Å². The first-order chi connectivity index (χ1) is 9.47. The summed E-state index contributed by atoms with van der Waals surface area (Å²) in [6.07, 6.45) is 0. The van der Waals surface area contributed by atoms with Gasteiger partial charge in [0.25, 0.3) is 5.69 Å².